The van der Waals surface area contributed by atoms with Crippen molar-refractivity contribution in [2.75, 3.05) is 5.75 Å². The van der Waals surface area contributed by atoms with Gasteiger partial charge in [-0.3, -0.25) is 0 Å². The fourth-order valence-electron chi connectivity index (χ4n) is 2.49. The van der Waals surface area contributed by atoms with Crippen LogP contribution in [0.2, 0.25) is 0 Å². The van der Waals surface area contributed by atoms with E-state index in [-0.39, 0.29) is 5.17 Å². The highest BCUT2D eigenvalue weighted by molar-refractivity contribution is 9.10. The monoisotopic (exact) mass is 485 g/mol. The van der Waals surface area contributed by atoms with Crippen LogP contribution in [-0.4, -0.2) is 44.2 Å². The summed E-state index contributed by atoms with van der Waals surface area (Å²) in [6.45, 7) is 12.4. The Morgan fingerprint density at radius 2 is 1.66 bits per heavy atom. The Balaban J connectivity index is 2.46. The van der Waals surface area contributed by atoms with Gasteiger partial charge in [0.25, 0.3) is 0 Å². The number of amidine groups is 1. The molecule has 1 aromatic rings. The zero-order valence-corrected chi connectivity index (χ0v) is 20.3. The molecule has 1 atom stereocenters. The number of imide groups is 1. The molecule has 0 saturated carbocycles. The molecule has 1 aromatic heterocycles. The molecule has 0 saturated heterocycles. The Morgan fingerprint density at radius 1 is 1.10 bits per heavy atom. The first-order valence-corrected chi connectivity index (χ1v) is 11.1. The summed E-state index contributed by atoms with van der Waals surface area (Å²) >= 11 is 4.70. The van der Waals surface area contributed by atoms with Crippen molar-refractivity contribution in [3.05, 3.63) is 28.5 Å². The molecule has 29 heavy (non-hydrogen) atoms. The SMILES string of the molecule is CC(C)(C)OC(=O)N(C(=O)OC(C)(C)C)C1=N[C@](C)(c2cccc(Br)n2)CCS1. The number of carbonyl (C=O) groups excluding carboxylic acids is 2. The lowest BCUT2D eigenvalue weighted by Crippen LogP contribution is -2.47. The van der Waals surface area contributed by atoms with Crippen LogP contribution in [0.1, 0.15) is 60.6 Å². The second kappa shape index (κ2) is 8.63. The van der Waals surface area contributed by atoms with Gasteiger partial charge in [0.05, 0.1) is 5.69 Å². The van der Waals surface area contributed by atoms with E-state index in [2.05, 4.69) is 20.9 Å². The summed E-state index contributed by atoms with van der Waals surface area (Å²) in [6, 6.07) is 5.60. The number of aromatic nitrogens is 1. The number of hydrogen-bond donors (Lipinski definition) is 0. The molecule has 2 amide bonds. The van der Waals surface area contributed by atoms with Crippen LogP contribution in [0.15, 0.2) is 27.8 Å². The number of thioether (sulfide) groups is 1. The standard InChI is InChI=1S/C20H28BrN3O4S/c1-18(2,3)27-16(25)24(17(26)28-19(4,5)6)15-23-20(7,11-12-29-15)13-9-8-10-14(21)22-13/h8-10H,11-12H2,1-7H3/t20-/m0/s1. The number of aliphatic imine (C=N–C) groups is 1. The highest BCUT2D eigenvalue weighted by atomic mass is 79.9. The van der Waals surface area contributed by atoms with Gasteiger partial charge < -0.3 is 9.47 Å². The maximum atomic E-state index is 12.9. The van der Waals surface area contributed by atoms with Gasteiger partial charge in [-0.25, -0.2) is 19.6 Å². The van der Waals surface area contributed by atoms with E-state index in [1.54, 1.807) is 41.5 Å². The molecule has 2 rings (SSSR count). The molecule has 160 valence electrons. The third kappa shape index (κ3) is 6.70. The van der Waals surface area contributed by atoms with Crippen LogP contribution < -0.4 is 0 Å². The molecule has 0 N–H and O–H groups in total. The van der Waals surface area contributed by atoms with E-state index >= 15 is 0 Å². The van der Waals surface area contributed by atoms with Gasteiger partial charge in [0.15, 0.2) is 5.17 Å². The van der Waals surface area contributed by atoms with Crippen LogP contribution in [-0.2, 0) is 15.0 Å². The van der Waals surface area contributed by atoms with E-state index in [1.807, 2.05) is 25.1 Å². The van der Waals surface area contributed by atoms with Gasteiger partial charge >= 0.3 is 12.2 Å². The average molecular weight is 486 g/mol. The van der Waals surface area contributed by atoms with E-state index in [1.165, 1.54) is 11.8 Å². The van der Waals surface area contributed by atoms with Crippen molar-refractivity contribution < 1.29 is 19.1 Å². The Kier molecular flexibility index (Phi) is 7.05. The summed E-state index contributed by atoms with van der Waals surface area (Å²) in [5, 5.41) is 0.240. The molecular formula is C20H28BrN3O4S. The van der Waals surface area contributed by atoms with Gasteiger partial charge in [0, 0.05) is 5.75 Å². The maximum absolute atomic E-state index is 12.9. The van der Waals surface area contributed by atoms with Gasteiger partial charge in [0.1, 0.15) is 21.3 Å². The predicted octanol–water partition coefficient (Wildman–Crippen LogP) is 5.72. The molecule has 0 fully saturated rings. The van der Waals surface area contributed by atoms with E-state index in [0.717, 1.165) is 10.6 Å². The second-order valence-corrected chi connectivity index (χ2v) is 10.8. The molecule has 0 aliphatic carbocycles. The van der Waals surface area contributed by atoms with Crippen molar-refractivity contribution in [3.63, 3.8) is 0 Å². The minimum absolute atomic E-state index is 0.240. The van der Waals surface area contributed by atoms with Gasteiger partial charge in [-0.15, -0.1) is 0 Å². The van der Waals surface area contributed by atoms with Crippen molar-refractivity contribution in [1.29, 1.82) is 0 Å². The van der Waals surface area contributed by atoms with E-state index < -0.39 is 28.9 Å². The minimum Gasteiger partial charge on any atom is -0.443 e. The topological polar surface area (TPSA) is 81.1 Å². The smallest absolute Gasteiger partial charge is 0.426 e. The largest absolute Gasteiger partial charge is 0.443 e. The molecule has 0 unspecified atom stereocenters. The number of amides is 2. The van der Waals surface area contributed by atoms with Gasteiger partial charge in [-0.2, -0.15) is 4.90 Å². The van der Waals surface area contributed by atoms with Crippen LogP contribution in [0, 0.1) is 0 Å². The van der Waals surface area contributed by atoms with Crippen LogP contribution >= 0.6 is 27.7 Å². The number of rotatable bonds is 1. The molecule has 2 heterocycles. The van der Waals surface area contributed by atoms with Crippen molar-refractivity contribution in [1.82, 2.24) is 9.88 Å². The lowest BCUT2D eigenvalue weighted by Gasteiger charge is -2.34. The first kappa shape index (κ1) is 23.7. The molecule has 0 spiro atoms. The summed E-state index contributed by atoms with van der Waals surface area (Å²) in [5.41, 5.74) is -1.48. The highest BCUT2D eigenvalue weighted by Gasteiger charge is 2.40. The average Bonchev–Trinajstić information content (AvgIpc) is 2.51. The normalized spacial score (nSPS) is 19.9. The molecule has 1 aliphatic rings. The second-order valence-electron chi connectivity index (χ2n) is 8.91. The molecule has 0 bridgehead atoms. The summed E-state index contributed by atoms with van der Waals surface area (Å²) in [5.74, 6) is 0.658. The zero-order chi connectivity index (χ0) is 22.0. The van der Waals surface area contributed by atoms with Gasteiger partial charge in [0.2, 0.25) is 0 Å². The third-order valence-corrected chi connectivity index (χ3v) is 5.15. The summed E-state index contributed by atoms with van der Waals surface area (Å²) in [6.07, 6.45) is -0.921. The Morgan fingerprint density at radius 3 is 2.14 bits per heavy atom. The van der Waals surface area contributed by atoms with E-state index in [9.17, 15) is 9.59 Å². The third-order valence-electron chi connectivity index (χ3n) is 3.77. The van der Waals surface area contributed by atoms with Crippen LogP contribution in [0.25, 0.3) is 0 Å². The zero-order valence-electron chi connectivity index (χ0n) is 17.9. The lowest BCUT2D eigenvalue weighted by atomic mass is 9.94. The summed E-state index contributed by atoms with van der Waals surface area (Å²) in [4.78, 5) is 35.9. The summed E-state index contributed by atoms with van der Waals surface area (Å²) in [7, 11) is 0. The van der Waals surface area contributed by atoms with Crippen molar-refractivity contribution >= 4 is 45.0 Å². The molecule has 1 aliphatic heterocycles. The number of carbonyl (C=O) groups is 2. The Bertz CT molecular complexity index is 789. The molecule has 9 heteroatoms. The number of halogens is 1. The first-order valence-electron chi connectivity index (χ1n) is 9.32. The first-order chi connectivity index (χ1) is 13.2. The molecule has 7 nitrogen and oxygen atoms in total. The highest BCUT2D eigenvalue weighted by Crippen LogP contribution is 2.36. The van der Waals surface area contributed by atoms with E-state index in [0.29, 0.717) is 16.8 Å². The van der Waals surface area contributed by atoms with Gasteiger partial charge in [-0.1, -0.05) is 17.8 Å². The van der Waals surface area contributed by atoms with Crippen molar-refractivity contribution in [2.45, 2.75) is 71.6 Å². The molecule has 0 radical (unpaired) electrons. The Hall–Kier alpha value is -1.61. The number of hydrogen-bond acceptors (Lipinski definition) is 7. The minimum atomic E-state index is -0.815. The fourth-order valence-corrected chi connectivity index (χ4v) is 4.06. The predicted molar refractivity (Wildman–Crippen MR) is 118 cm³/mol. The quantitative estimate of drug-likeness (QED) is 0.472. The molecule has 0 aromatic carbocycles. The summed E-state index contributed by atoms with van der Waals surface area (Å²) < 4.78 is 11.6. The van der Waals surface area contributed by atoms with Crippen LogP contribution in [0.4, 0.5) is 9.59 Å². The maximum Gasteiger partial charge on any atom is 0.426 e. The van der Waals surface area contributed by atoms with Gasteiger partial charge in [-0.05, 0) is 82.9 Å². The number of ether oxygens (including phenoxy) is 2. The lowest BCUT2D eigenvalue weighted by molar-refractivity contribution is 0.0151. The molecular weight excluding hydrogens is 458 g/mol. The number of pyridine rings is 1. The van der Waals surface area contributed by atoms with Crippen LogP contribution in [0.5, 0.6) is 0 Å². The Labute approximate surface area is 184 Å². The van der Waals surface area contributed by atoms with E-state index in [4.69, 9.17) is 14.5 Å². The van der Waals surface area contributed by atoms with Crippen molar-refractivity contribution in [2.24, 2.45) is 4.99 Å². The number of nitrogens with zero attached hydrogens (tertiary/aromatic N) is 3. The fraction of sp³-hybridized carbons (Fsp3) is 0.600. The van der Waals surface area contributed by atoms with Crippen molar-refractivity contribution in [3.8, 4) is 0 Å². The van der Waals surface area contributed by atoms with Crippen LogP contribution in [0.3, 0.4) is 0 Å².